The third-order valence-electron chi connectivity index (χ3n) is 10.4. The van der Waals surface area contributed by atoms with Gasteiger partial charge >= 0.3 is 0 Å². The number of ether oxygens (including phenoxy) is 1. The normalized spacial score (nSPS) is 29.0. The van der Waals surface area contributed by atoms with E-state index in [1.54, 1.807) is 0 Å². The summed E-state index contributed by atoms with van der Waals surface area (Å²) in [5.74, 6) is -0.422. The van der Waals surface area contributed by atoms with Gasteiger partial charge in [-0.1, -0.05) is 87.8 Å². The molecule has 260 valence electrons. The number of para-hydroxylation sites is 2. The molecule has 0 bridgehead atoms. The molecule has 2 aromatic rings. The predicted molar refractivity (Wildman–Crippen MR) is 192 cm³/mol. The molecule has 3 aliphatic heterocycles. The van der Waals surface area contributed by atoms with E-state index in [9.17, 15) is 25.2 Å². The number of aliphatic hydroxyl groups excluding tert-OH is 4. The Bertz CT molecular complexity index is 1760. The molecule has 0 saturated carbocycles. The minimum atomic E-state index is -1.57. The number of anilines is 1. The number of nitrogens with zero attached hydrogens (tertiary/aromatic N) is 2. The van der Waals surface area contributed by atoms with Gasteiger partial charge in [0.2, 0.25) is 5.91 Å². The first-order valence-electron chi connectivity index (χ1n) is 17.0. The SMILES string of the molecule is CC1(C)C(/C=C/C2=C(Cl)C(=C\C=C3\N(CCC(=O)N[C@@H]4[C@@H](O)[C@H](O)[C@@H](CO)O[C@H]4O)c4ccccc4C3(C)C)/CCC2)=Nc2ccccc21. The molecule has 4 aliphatic rings. The van der Waals surface area contributed by atoms with Crippen molar-refractivity contribution in [3.8, 4) is 0 Å². The van der Waals surface area contributed by atoms with Crippen LogP contribution in [0.5, 0.6) is 0 Å². The van der Waals surface area contributed by atoms with Gasteiger partial charge in [-0.05, 0) is 65.8 Å². The Morgan fingerprint density at radius 3 is 2.43 bits per heavy atom. The molecule has 2 aromatic carbocycles. The van der Waals surface area contributed by atoms with Gasteiger partial charge in [0.25, 0.3) is 0 Å². The first kappa shape index (κ1) is 35.3. The van der Waals surface area contributed by atoms with E-state index in [4.69, 9.17) is 21.3 Å². The number of aliphatic imine (C=N–C) groups is 1. The molecule has 0 radical (unpaired) electrons. The van der Waals surface area contributed by atoms with Gasteiger partial charge in [-0.15, -0.1) is 0 Å². The number of aliphatic hydroxyl groups is 4. The van der Waals surface area contributed by atoms with E-state index in [0.29, 0.717) is 6.54 Å². The lowest BCUT2D eigenvalue weighted by Crippen LogP contribution is -2.64. The minimum absolute atomic E-state index is 0.0491. The monoisotopic (exact) mass is 687 g/mol. The predicted octanol–water partition coefficient (Wildman–Crippen LogP) is 5.20. The lowest BCUT2D eigenvalue weighted by Gasteiger charge is -2.40. The number of carbonyl (C=O) groups excluding carboxylic acids is 1. The van der Waals surface area contributed by atoms with Crippen molar-refractivity contribution in [2.24, 2.45) is 4.99 Å². The first-order chi connectivity index (χ1) is 23.3. The summed E-state index contributed by atoms with van der Waals surface area (Å²) in [5, 5.41) is 43.8. The maximum Gasteiger partial charge on any atom is 0.222 e. The van der Waals surface area contributed by atoms with Crippen molar-refractivity contribution in [1.29, 1.82) is 0 Å². The highest BCUT2D eigenvalue weighted by molar-refractivity contribution is 6.32. The zero-order valence-electron chi connectivity index (χ0n) is 28.4. The van der Waals surface area contributed by atoms with Crippen molar-refractivity contribution >= 4 is 34.6 Å². The fourth-order valence-electron chi connectivity index (χ4n) is 7.43. The summed E-state index contributed by atoms with van der Waals surface area (Å²) in [7, 11) is 0. The van der Waals surface area contributed by atoms with Gasteiger partial charge < -0.3 is 35.4 Å². The Hall–Kier alpha value is -3.57. The topological polar surface area (TPSA) is 135 Å². The summed E-state index contributed by atoms with van der Waals surface area (Å²) < 4.78 is 5.20. The Morgan fingerprint density at radius 1 is 0.980 bits per heavy atom. The number of nitrogens with one attached hydrogen (secondary N) is 1. The number of amides is 1. The fraction of sp³-hybridized carbons (Fsp3) is 0.436. The van der Waals surface area contributed by atoms with Crippen LogP contribution in [0.4, 0.5) is 11.4 Å². The summed E-state index contributed by atoms with van der Waals surface area (Å²) >= 11 is 7.07. The highest BCUT2D eigenvalue weighted by Gasteiger charge is 2.45. The van der Waals surface area contributed by atoms with Crippen molar-refractivity contribution in [1.82, 2.24) is 5.32 Å². The second-order valence-corrected chi connectivity index (χ2v) is 14.7. The molecule has 1 amide bonds. The average Bonchev–Trinajstić information content (AvgIpc) is 3.47. The van der Waals surface area contributed by atoms with E-state index >= 15 is 0 Å². The molecule has 9 nitrogen and oxygen atoms in total. The third-order valence-corrected chi connectivity index (χ3v) is 10.9. The Labute approximate surface area is 293 Å². The van der Waals surface area contributed by atoms with Crippen LogP contribution in [-0.4, -0.2) is 75.8 Å². The molecule has 1 fully saturated rings. The van der Waals surface area contributed by atoms with Crippen LogP contribution in [-0.2, 0) is 20.4 Å². The van der Waals surface area contributed by atoms with Crippen molar-refractivity contribution in [2.45, 2.75) is 94.9 Å². The van der Waals surface area contributed by atoms with Gasteiger partial charge in [0, 0.05) is 40.2 Å². The van der Waals surface area contributed by atoms with Gasteiger partial charge in [-0.2, -0.15) is 0 Å². The van der Waals surface area contributed by atoms with Crippen LogP contribution >= 0.6 is 11.6 Å². The molecule has 6 rings (SSSR count). The number of hydrogen-bond acceptors (Lipinski definition) is 8. The molecular formula is C39H46ClN3O6. The second kappa shape index (κ2) is 14.0. The number of fused-ring (bicyclic) bond motifs is 2. The van der Waals surface area contributed by atoms with Crippen molar-refractivity contribution in [3.63, 3.8) is 0 Å². The van der Waals surface area contributed by atoms with Crippen molar-refractivity contribution in [3.05, 3.63) is 106 Å². The number of rotatable bonds is 8. The van der Waals surface area contributed by atoms with Crippen LogP contribution in [0.3, 0.4) is 0 Å². The Balaban J connectivity index is 1.21. The van der Waals surface area contributed by atoms with Crippen LogP contribution in [0.1, 0.15) is 64.5 Å². The molecule has 1 saturated heterocycles. The van der Waals surface area contributed by atoms with Gasteiger partial charge in [0.05, 0.1) is 18.0 Å². The van der Waals surface area contributed by atoms with Crippen LogP contribution < -0.4 is 10.2 Å². The maximum atomic E-state index is 13.1. The van der Waals surface area contributed by atoms with Gasteiger partial charge in [0.1, 0.15) is 24.4 Å². The zero-order valence-corrected chi connectivity index (χ0v) is 29.2. The zero-order chi connectivity index (χ0) is 35.1. The molecule has 3 heterocycles. The average molecular weight is 688 g/mol. The van der Waals surface area contributed by atoms with Crippen LogP contribution in [0.2, 0.25) is 0 Å². The number of benzene rings is 2. The number of carbonyl (C=O) groups is 1. The Morgan fingerprint density at radius 2 is 1.69 bits per heavy atom. The molecule has 0 spiro atoms. The molecular weight excluding hydrogens is 642 g/mol. The van der Waals surface area contributed by atoms with Crippen molar-refractivity contribution in [2.75, 3.05) is 18.1 Å². The van der Waals surface area contributed by atoms with Gasteiger partial charge in [-0.25, -0.2) is 0 Å². The van der Waals surface area contributed by atoms with E-state index in [-0.39, 0.29) is 17.3 Å². The summed E-state index contributed by atoms with van der Waals surface area (Å²) in [4.78, 5) is 20.2. The summed E-state index contributed by atoms with van der Waals surface area (Å²) in [6.45, 7) is 8.48. The molecule has 10 heteroatoms. The lowest BCUT2D eigenvalue weighted by atomic mass is 9.81. The summed E-state index contributed by atoms with van der Waals surface area (Å²) in [5.41, 5.74) is 8.01. The molecule has 0 unspecified atom stereocenters. The maximum absolute atomic E-state index is 13.1. The van der Waals surface area contributed by atoms with E-state index < -0.39 is 43.2 Å². The third kappa shape index (κ3) is 6.68. The molecule has 1 aliphatic carbocycles. The second-order valence-electron chi connectivity index (χ2n) is 14.3. The van der Waals surface area contributed by atoms with E-state index in [0.717, 1.165) is 63.8 Å². The van der Waals surface area contributed by atoms with Gasteiger partial charge in [-0.3, -0.25) is 9.79 Å². The smallest absolute Gasteiger partial charge is 0.222 e. The van der Waals surface area contributed by atoms with Crippen LogP contribution in [0.25, 0.3) is 0 Å². The van der Waals surface area contributed by atoms with E-state index in [1.165, 1.54) is 5.56 Å². The lowest BCUT2D eigenvalue weighted by molar-refractivity contribution is -0.253. The Kier molecular flexibility index (Phi) is 10.1. The van der Waals surface area contributed by atoms with Gasteiger partial charge in [0.15, 0.2) is 6.29 Å². The standard InChI is InChI=1S/C39H46ClN3O6/c1-38(2)25-12-5-7-14-27(25)41-30(38)18-16-23-10-9-11-24(33(23)40)17-19-31-39(3,4)26-13-6-8-15-28(26)43(31)21-20-32(45)42-34-36(47)35(46)29(22-44)49-37(34)48/h5-8,12-19,29,34-37,44,46-48H,9-11,20-22H2,1-4H3,(H,42,45)/b18-16+,24-17-,31-19+/t29-,34-,35-,36-,37-/m1/s1. The minimum Gasteiger partial charge on any atom is -0.394 e. The number of hydrogen-bond donors (Lipinski definition) is 5. The number of allylic oxidation sites excluding steroid dienone is 8. The quantitative estimate of drug-likeness (QED) is 0.258. The van der Waals surface area contributed by atoms with Crippen molar-refractivity contribution < 1.29 is 30.0 Å². The largest absolute Gasteiger partial charge is 0.394 e. The molecule has 5 N–H and O–H groups in total. The highest BCUT2D eigenvalue weighted by atomic mass is 35.5. The molecule has 49 heavy (non-hydrogen) atoms. The summed E-state index contributed by atoms with van der Waals surface area (Å²) in [6.07, 6.45) is 5.52. The highest BCUT2D eigenvalue weighted by Crippen LogP contribution is 2.48. The van der Waals surface area contributed by atoms with E-state index in [1.807, 2.05) is 24.3 Å². The summed E-state index contributed by atoms with van der Waals surface area (Å²) in [6, 6.07) is 15.1. The van der Waals surface area contributed by atoms with Crippen LogP contribution in [0, 0.1) is 0 Å². The first-order valence-corrected chi connectivity index (χ1v) is 17.4. The fourth-order valence-corrected chi connectivity index (χ4v) is 7.74. The molecule has 5 atom stereocenters. The molecule has 0 aromatic heterocycles. The number of halogens is 1. The van der Waals surface area contributed by atoms with E-state index in [2.05, 4.69) is 86.5 Å². The van der Waals surface area contributed by atoms with Crippen LogP contribution in [0.15, 0.2) is 99.7 Å².